The van der Waals surface area contributed by atoms with Crippen molar-refractivity contribution >= 4 is 10.0 Å². The molecule has 1 saturated carbocycles. The summed E-state index contributed by atoms with van der Waals surface area (Å²) in [4.78, 5) is 0.249. The molecule has 2 aromatic rings. The molecular weight excluding hydrogens is 289 g/mol. The molecule has 1 aliphatic carbocycles. The monoisotopic (exact) mass is 305 g/mol. The predicted molar refractivity (Wildman–Crippen MR) is 78.7 cm³/mol. The van der Waals surface area contributed by atoms with Gasteiger partial charge in [0.1, 0.15) is 5.82 Å². The lowest BCUT2D eigenvalue weighted by atomic mass is 9.73. The zero-order chi connectivity index (χ0) is 14.9. The Kier molecular flexibility index (Phi) is 3.55. The molecular formula is C16H16FNO2S. The number of benzene rings is 2. The van der Waals surface area contributed by atoms with Gasteiger partial charge in [0.2, 0.25) is 10.0 Å². The van der Waals surface area contributed by atoms with E-state index >= 15 is 0 Å². The zero-order valence-electron chi connectivity index (χ0n) is 11.4. The van der Waals surface area contributed by atoms with E-state index in [2.05, 4.69) is 4.72 Å². The SMILES string of the molecule is O=S(=O)(NC1(c2ccc(F)cc2)CCC1)c1ccccc1. The smallest absolute Gasteiger partial charge is 0.207 e. The van der Waals surface area contributed by atoms with Crippen LogP contribution in [0.2, 0.25) is 0 Å². The molecule has 0 unspecified atom stereocenters. The van der Waals surface area contributed by atoms with Crippen molar-refractivity contribution in [2.45, 2.75) is 29.7 Å². The zero-order valence-corrected chi connectivity index (χ0v) is 12.2. The van der Waals surface area contributed by atoms with Crippen LogP contribution in [-0.2, 0) is 15.6 Å². The van der Waals surface area contributed by atoms with Crippen LogP contribution in [0.15, 0.2) is 59.5 Å². The molecule has 0 amide bonds. The Bertz CT molecular complexity index is 723. The normalized spacial score (nSPS) is 17.2. The van der Waals surface area contributed by atoms with E-state index in [1.807, 2.05) is 0 Å². The molecule has 0 spiro atoms. The van der Waals surface area contributed by atoms with Crippen LogP contribution in [0.5, 0.6) is 0 Å². The number of hydrogen-bond acceptors (Lipinski definition) is 2. The van der Waals surface area contributed by atoms with Crippen molar-refractivity contribution in [3.8, 4) is 0 Å². The molecule has 1 N–H and O–H groups in total. The Labute approximate surface area is 123 Å². The van der Waals surface area contributed by atoms with Gasteiger partial charge in [-0.1, -0.05) is 30.3 Å². The number of nitrogens with one attached hydrogen (secondary N) is 1. The molecule has 0 saturated heterocycles. The molecule has 21 heavy (non-hydrogen) atoms. The highest BCUT2D eigenvalue weighted by atomic mass is 32.2. The average molecular weight is 305 g/mol. The first-order valence-electron chi connectivity index (χ1n) is 6.87. The molecule has 0 radical (unpaired) electrons. The summed E-state index contributed by atoms with van der Waals surface area (Å²) in [6, 6.07) is 14.3. The van der Waals surface area contributed by atoms with E-state index in [-0.39, 0.29) is 10.7 Å². The van der Waals surface area contributed by atoms with Crippen LogP contribution < -0.4 is 4.72 Å². The largest absolute Gasteiger partial charge is 0.241 e. The maximum Gasteiger partial charge on any atom is 0.241 e. The maximum absolute atomic E-state index is 13.1. The Balaban J connectivity index is 1.93. The number of hydrogen-bond donors (Lipinski definition) is 1. The minimum absolute atomic E-state index is 0.249. The quantitative estimate of drug-likeness (QED) is 0.943. The number of rotatable bonds is 4. The molecule has 0 aromatic heterocycles. The van der Waals surface area contributed by atoms with E-state index in [1.54, 1.807) is 42.5 Å². The molecule has 3 rings (SSSR count). The summed E-state index contributed by atoms with van der Waals surface area (Å²) in [5, 5.41) is 0. The van der Waals surface area contributed by atoms with E-state index in [1.165, 1.54) is 12.1 Å². The second kappa shape index (κ2) is 5.24. The van der Waals surface area contributed by atoms with Crippen LogP contribution >= 0.6 is 0 Å². The number of halogens is 1. The molecule has 0 aliphatic heterocycles. The van der Waals surface area contributed by atoms with Crippen molar-refractivity contribution < 1.29 is 12.8 Å². The first-order valence-corrected chi connectivity index (χ1v) is 8.35. The van der Waals surface area contributed by atoms with Crippen LogP contribution in [0.25, 0.3) is 0 Å². The lowest BCUT2D eigenvalue weighted by molar-refractivity contribution is 0.224. The van der Waals surface area contributed by atoms with Gasteiger partial charge in [-0.2, -0.15) is 0 Å². The minimum Gasteiger partial charge on any atom is -0.207 e. The third kappa shape index (κ3) is 2.71. The number of sulfonamides is 1. The van der Waals surface area contributed by atoms with Crippen molar-refractivity contribution in [2.24, 2.45) is 0 Å². The van der Waals surface area contributed by atoms with Gasteiger partial charge in [0.05, 0.1) is 10.4 Å². The summed E-state index contributed by atoms with van der Waals surface area (Å²) in [5.41, 5.74) is 0.206. The van der Waals surface area contributed by atoms with E-state index in [4.69, 9.17) is 0 Å². The fourth-order valence-corrected chi connectivity index (χ4v) is 4.13. The molecule has 3 nitrogen and oxygen atoms in total. The van der Waals surface area contributed by atoms with Crippen molar-refractivity contribution in [1.82, 2.24) is 4.72 Å². The summed E-state index contributed by atoms with van der Waals surface area (Å²) in [7, 11) is -3.58. The van der Waals surface area contributed by atoms with Crippen LogP contribution in [0.3, 0.4) is 0 Å². The first-order chi connectivity index (χ1) is 10.0. The van der Waals surface area contributed by atoms with Gasteiger partial charge in [-0.15, -0.1) is 0 Å². The highest BCUT2D eigenvalue weighted by molar-refractivity contribution is 7.89. The molecule has 5 heteroatoms. The average Bonchev–Trinajstić information content (AvgIpc) is 2.45. The van der Waals surface area contributed by atoms with Crippen molar-refractivity contribution in [3.63, 3.8) is 0 Å². The third-order valence-corrected chi connectivity index (χ3v) is 5.54. The van der Waals surface area contributed by atoms with Crippen molar-refractivity contribution in [3.05, 3.63) is 66.0 Å². The summed E-state index contributed by atoms with van der Waals surface area (Å²) in [6.45, 7) is 0. The highest BCUT2D eigenvalue weighted by Gasteiger charge is 2.42. The fourth-order valence-electron chi connectivity index (χ4n) is 2.66. The molecule has 0 bridgehead atoms. The van der Waals surface area contributed by atoms with Gasteiger partial charge >= 0.3 is 0 Å². The van der Waals surface area contributed by atoms with Crippen molar-refractivity contribution in [1.29, 1.82) is 0 Å². The molecule has 1 fully saturated rings. The van der Waals surface area contributed by atoms with Crippen LogP contribution in [0.1, 0.15) is 24.8 Å². The highest BCUT2D eigenvalue weighted by Crippen LogP contribution is 2.42. The Hall–Kier alpha value is -1.72. The fraction of sp³-hybridized carbons (Fsp3) is 0.250. The standard InChI is InChI=1S/C16H16FNO2S/c17-14-9-7-13(8-10-14)16(11-4-12-16)18-21(19,20)15-5-2-1-3-6-15/h1-3,5-10,18H,4,11-12H2. The first kappa shape index (κ1) is 14.2. The predicted octanol–water partition coefficient (Wildman–Crippen LogP) is 3.18. The second-order valence-corrected chi connectivity index (χ2v) is 7.04. The van der Waals surface area contributed by atoms with Gasteiger partial charge in [-0.3, -0.25) is 0 Å². The molecule has 0 heterocycles. The van der Waals surface area contributed by atoms with Gasteiger partial charge in [-0.05, 0) is 49.1 Å². The molecule has 0 atom stereocenters. The summed E-state index contributed by atoms with van der Waals surface area (Å²) in [5.74, 6) is -0.320. The summed E-state index contributed by atoms with van der Waals surface area (Å²) in [6.07, 6.45) is 2.41. The van der Waals surface area contributed by atoms with Crippen molar-refractivity contribution in [2.75, 3.05) is 0 Å². The maximum atomic E-state index is 13.1. The van der Waals surface area contributed by atoms with E-state index in [0.717, 1.165) is 24.8 Å². The Morgan fingerprint density at radius 3 is 2.10 bits per heavy atom. The Morgan fingerprint density at radius 1 is 0.952 bits per heavy atom. The van der Waals surface area contributed by atoms with Gasteiger partial charge in [0, 0.05) is 0 Å². The lowest BCUT2D eigenvalue weighted by Gasteiger charge is -2.42. The Morgan fingerprint density at radius 2 is 1.57 bits per heavy atom. The van der Waals surface area contributed by atoms with Crippen LogP contribution in [-0.4, -0.2) is 8.42 Å². The van der Waals surface area contributed by atoms with Gasteiger partial charge in [0.15, 0.2) is 0 Å². The summed E-state index contributed by atoms with van der Waals surface area (Å²) >= 11 is 0. The topological polar surface area (TPSA) is 46.2 Å². The molecule has 110 valence electrons. The van der Waals surface area contributed by atoms with E-state index in [9.17, 15) is 12.8 Å². The van der Waals surface area contributed by atoms with Gasteiger partial charge < -0.3 is 0 Å². The third-order valence-electron chi connectivity index (χ3n) is 3.99. The van der Waals surface area contributed by atoms with Crippen LogP contribution in [0.4, 0.5) is 4.39 Å². The van der Waals surface area contributed by atoms with E-state index < -0.39 is 15.6 Å². The molecule has 2 aromatic carbocycles. The summed E-state index contributed by atoms with van der Waals surface area (Å²) < 4.78 is 40.9. The van der Waals surface area contributed by atoms with E-state index in [0.29, 0.717) is 0 Å². The van der Waals surface area contributed by atoms with Gasteiger partial charge in [0.25, 0.3) is 0 Å². The second-order valence-electron chi connectivity index (χ2n) is 5.36. The minimum atomic E-state index is -3.58. The van der Waals surface area contributed by atoms with Crippen LogP contribution in [0, 0.1) is 5.82 Å². The lowest BCUT2D eigenvalue weighted by Crippen LogP contribution is -2.50. The molecule has 1 aliphatic rings. The van der Waals surface area contributed by atoms with Gasteiger partial charge in [-0.25, -0.2) is 17.5 Å².